The van der Waals surface area contributed by atoms with Crippen LogP contribution in [0.2, 0.25) is 0 Å². The number of allylic oxidation sites excluding steroid dienone is 18. The fourth-order valence-electron chi connectivity index (χ4n) is 5.89. The molecule has 0 N–H and O–H groups in total. The van der Waals surface area contributed by atoms with Gasteiger partial charge in [-0.2, -0.15) is 0 Å². The van der Waals surface area contributed by atoms with Gasteiger partial charge in [-0.3, -0.25) is 14.4 Å². The van der Waals surface area contributed by atoms with Crippen molar-refractivity contribution in [2.45, 2.75) is 194 Å². The molecule has 6 heteroatoms. The van der Waals surface area contributed by atoms with E-state index in [4.69, 9.17) is 14.2 Å². The summed E-state index contributed by atoms with van der Waals surface area (Å²) >= 11 is 0. The first-order chi connectivity index (χ1) is 29.0. The molecule has 1 atom stereocenters. The molecule has 0 rings (SSSR count). The van der Waals surface area contributed by atoms with Crippen LogP contribution in [0.25, 0.3) is 0 Å². The summed E-state index contributed by atoms with van der Waals surface area (Å²) in [4.78, 5) is 37.8. The number of ether oxygens (including phenoxy) is 3. The molecule has 0 radical (unpaired) electrons. The summed E-state index contributed by atoms with van der Waals surface area (Å²) in [6.45, 7) is 6.25. The molecule has 1 unspecified atom stereocenters. The van der Waals surface area contributed by atoms with Crippen molar-refractivity contribution in [3.63, 3.8) is 0 Å². The molecule has 0 saturated heterocycles. The molecule has 0 aliphatic carbocycles. The molecule has 0 fully saturated rings. The van der Waals surface area contributed by atoms with Crippen LogP contribution in [-0.2, 0) is 28.6 Å². The van der Waals surface area contributed by atoms with E-state index in [9.17, 15) is 14.4 Å². The van der Waals surface area contributed by atoms with Crippen LogP contribution in [0.1, 0.15) is 188 Å². The molecule has 0 aliphatic rings. The molecule has 332 valence electrons. The normalized spacial score (nSPS) is 13.1. The van der Waals surface area contributed by atoms with Gasteiger partial charge in [0.15, 0.2) is 6.10 Å². The van der Waals surface area contributed by atoms with E-state index in [0.717, 1.165) is 96.3 Å². The summed E-state index contributed by atoms with van der Waals surface area (Å²) in [5, 5.41) is 0. The van der Waals surface area contributed by atoms with Crippen LogP contribution in [0.4, 0.5) is 0 Å². The van der Waals surface area contributed by atoms with Gasteiger partial charge in [-0.1, -0.05) is 188 Å². The van der Waals surface area contributed by atoms with Crippen molar-refractivity contribution < 1.29 is 28.6 Å². The third kappa shape index (κ3) is 45.0. The zero-order valence-electron chi connectivity index (χ0n) is 37.7. The summed E-state index contributed by atoms with van der Waals surface area (Å²) in [5.41, 5.74) is 0. The monoisotopic (exact) mass is 817 g/mol. The largest absolute Gasteiger partial charge is 0.462 e. The van der Waals surface area contributed by atoms with Crippen LogP contribution in [0.3, 0.4) is 0 Å². The van der Waals surface area contributed by atoms with E-state index < -0.39 is 6.10 Å². The van der Waals surface area contributed by atoms with Crippen LogP contribution in [0, 0.1) is 0 Å². The Bertz CT molecular complexity index is 1260. The second kappa shape index (κ2) is 46.8. The number of esters is 3. The molecule has 0 aliphatic heterocycles. The molecule has 0 heterocycles. The third-order valence-corrected chi connectivity index (χ3v) is 9.37. The van der Waals surface area contributed by atoms with Crippen LogP contribution in [-0.4, -0.2) is 37.2 Å². The highest BCUT2D eigenvalue weighted by Gasteiger charge is 2.19. The number of rotatable bonds is 40. The Hall–Kier alpha value is -3.93. The quantitative estimate of drug-likeness (QED) is 0.0201. The maximum atomic E-state index is 12.7. The van der Waals surface area contributed by atoms with Gasteiger partial charge >= 0.3 is 17.9 Å². The SMILES string of the molecule is CC\C=C/C=C\C=C/C=C\C=C/CCCC(=O)OCC(COC(=O)CCCCCC/C=C\C/C=C\C/C=C\CC)OC(=O)CCCCC/C=C\CCCCCCCCC. The summed E-state index contributed by atoms with van der Waals surface area (Å²) < 4.78 is 16.6. The standard InChI is InChI=1S/C53H84O6/c1-4-7-10-13-16-19-22-25-28-31-34-37-40-43-46-52(55)58-49-50(48-57-51(54)45-42-39-36-33-30-27-24-21-18-15-12-9-6-3)59-53(56)47-44-41-38-35-32-29-26-23-20-17-14-11-8-5-2/h7,9-10,12,15-16,18-19,21,24-25,27-30,32-33,36,50H,4-6,8,11,13-14,17,20,22-23,26,31,34-35,37-49H2,1-3H3/b10-7-,12-9-,18-15-,19-16-,24-21-,28-25-,30-27-,32-29-,36-33-. The van der Waals surface area contributed by atoms with Crippen molar-refractivity contribution in [2.24, 2.45) is 0 Å². The molecule has 0 bridgehead atoms. The molecule has 0 spiro atoms. The third-order valence-electron chi connectivity index (χ3n) is 9.37. The lowest BCUT2D eigenvalue weighted by Gasteiger charge is -2.18. The van der Waals surface area contributed by atoms with E-state index in [1.54, 1.807) is 0 Å². The first-order valence-electron chi connectivity index (χ1n) is 23.5. The van der Waals surface area contributed by atoms with Gasteiger partial charge in [0.2, 0.25) is 0 Å². The summed E-state index contributed by atoms with van der Waals surface area (Å²) in [5.74, 6) is -1.04. The van der Waals surface area contributed by atoms with Crippen molar-refractivity contribution in [3.8, 4) is 0 Å². The van der Waals surface area contributed by atoms with Crippen LogP contribution < -0.4 is 0 Å². The number of carbonyl (C=O) groups is 3. The Morgan fingerprint density at radius 3 is 1.32 bits per heavy atom. The maximum Gasteiger partial charge on any atom is 0.306 e. The first kappa shape index (κ1) is 55.1. The van der Waals surface area contributed by atoms with E-state index in [1.165, 1.54) is 44.9 Å². The molecule has 0 aromatic carbocycles. The van der Waals surface area contributed by atoms with Gasteiger partial charge in [0.25, 0.3) is 0 Å². The van der Waals surface area contributed by atoms with Gasteiger partial charge in [0.05, 0.1) is 0 Å². The molecule has 0 saturated carbocycles. The van der Waals surface area contributed by atoms with Crippen LogP contribution in [0.5, 0.6) is 0 Å². The second-order valence-electron chi connectivity index (χ2n) is 15.0. The Kier molecular flexibility index (Phi) is 43.6. The van der Waals surface area contributed by atoms with Crippen molar-refractivity contribution in [2.75, 3.05) is 13.2 Å². The molecular weight excluding hydrogens is 733 g/mol. The lowest BCUT2D eigenvalue weighted by Crippen LogP contribution is -2.30. The zero-order valence-corrected chi connectivity index (χ0v) is 37.7. The maximum absolute atomic E-state index is 12.7. The van der Waals surface area contributed by atoms with E-state index in [2.05, 4.69) is 75.5 Å². The average Bonchev–Trinajstić information content (AvgIpc) is 3.23. The van der Waals surface area contributed by atoms with E-state index in [-0.39, 0.29) is 44.0 Å². The molecule has 0 amide bonds. The molecule has 0 aromatic heterocycles. The van der Waals surface area contributed by atoms with E-state index in [0.29, 0.717) is 12.8 Å². The highest BCUT2D eigenvalue weighted by atomic mass is 16.6. The van der Waals surface area contributed by atoms with Crippen molar-refractivity contribution >= 4 is 17.9 Å². The predicted octanol–water partition coefficient (Wildman–Crippen LogP) is 15.2. The lowest BCUT2D eigenvalue weighted by atomic mass is 10.1. The summed E-state index contributed by atoms with van der Waals surface area (Å²) in [7, 11) is 0. The van der Waals surface area contributed by atoms with E-state index >= 15 is 0 Å². The average molecular weight is 817 g/mol. The zero-order chi connectivity index (χ0) is 43.0. The second-order valence-corrected chi connectivity index (χ2v) is 15.0. The van der Waals surface area contributed by atoms with Gasteiger partial charge in [-0.05, 0) is 89.9 Å². The number of carbonyl (C=O) groups excluding carboxylic acids is 3. The van der Waals surface area contributed by atoms with Gasteiger partial charge in [0, 0.05) is 19.3 Å². The lowest BCUT2D eigenvalue weighted by molar-refractivity contribution is -0.167. The Morgan fingerprint density at radius 1 is 0.373 bits per heavy atom. The molecular formula is C53H84O6. The predicted molar refractivity (Wildman–Crippen MR) is 251 cm³/mol. The van der Waals surface area contributed by atoms with Crippen LogP contribution >= 0.6 is 0 Å². The summed E-state index contributed by atoms with van der Waals surface area (Å²) in [6, 6.07) is 0. The fourth-order valence-corrected chi connectivity index (χ4v) is 5.89. The number of unbranched alkanes of at least 4 members (excludes halogenated alkanes) is 15. The minimum atomic E-state index is -0.824. The summed E-state index contributed by atoms with van der Waals surface area (Å²) in [6.07, 6.45) is 62.2. The van der Waals surface area contributed by atoms with E-state index in [1.807, 2.05) is 54.7 Å². The number of hydrogen-bond donors (Lipinski definition) is 0. The number of hydrogen-bond acceptors (Lipinski definition) is 6. The van der Waals surface area contributed by atoms with Crippen LogP contribution in [0.15, 0.2) is 109 Å². The van der Waals surface area contributed by atoms with Gasteiger partial charge < -0.3 is 14.2 Å². The smallest absolute Gasteiger partial charge is 0.306 e. The Morgan fingerprint density at radius 2 is 0.763 bits per heavy atom. The van der Waals surface area contributed by atoms with Crippen molar-refractivity contribution in [3.05, 3.63) is 109 Å². The van der Waals surface area contributed by atoms with Gasteiger partial charge in [-0.15, -0.1) is 0 Å². The topological polar surface area (TPSA) is 78.9 Å². The molecule has 59 heavy (non-hydrogen) atoms. The first-order valence-corrected chi connectivity index (χ1v) is 23.5. The molecule has 0 aromatic rings. The van der Waals surface area contributed by atoms with Gasteiger partial charge in [-0.25, -0.2) is 0 Å². The minimum absolute atomic E-state index is 0.121. The van der Waals surface area contributed by atoms with Crippen molar-refractivity contribution in [1.29, 1.82) is 0 Å². The Balaban J connectivity index is 4.57. The van der Waals surface area contributed by atoms with Crippen molar-refractivity contribution in [1.82, 2.24) is 0 Å². The Labute approximate surface area is 361 Å². The highest BCUT2D eigenvalue weighted by Crippen LogP contribution is 2.12. The fraction of sp³-hybridized carbons (Fsp3) is 0.604. The van der Waals surface area contributed by atoms with Gasteiger partial charge in [0.1, 0.15) is 13.2 Å². The minimum Gasteiger partial charge on any atom is -0.462 e. The molecule has 6 nitrogen and oxygen atoms in total. The highest BCUT2D eigenvalue weighted by molar-refractivity contribution is 5.71.